The highest BCUT2D eigenvalue weighted by Crippen LogP contribution is 2.34. The maximum Gasteiger partial charge on any atom is 0.421 e. The van der Waals surface area contributed by atoms with E-state index in [4.69, 9.17) is 4.74 Å². The first-order valence-electron chi connectivity index (χ1n) is 7.08. The Bertz CT molecular complexity index is 483. The second-order valence-corrected chi connectivity index (χ2v) is 4.48. The number of halogens is 4. The third-order valence-electron chi connectivity index (χ3n) is 2.76. The van der Waals surface area contributed by atoms with Crippen LogP contribution in [0.5, 0.6) is 5.88 Å². The standard InChI is InChI=1S/C14H21F3N4O.HI/c1-3-4-7-20-13(18-2)21-9-10-22-12-11(14(15,16)17)6-5-8-19-12;/h5-6,8H,3-4,7,9-10H2,1-2H3,(H2,18,20,21);1H. The lowest BCUT2D eigenvalue weighted by atomic mass is 10.2. The molecule has 0 spiro atoms. The number of unbranched alkanes of at least 4 members (excludes halogenated alkanes) is 1. The SMILES string of the molecule is CCCCNC(=NC)NCCOc1ncccc1C(F)(F)F.I. The molecule has 0 atom stereocenters. The first-order chi connectivity index (χ1) is 10.5. The van der Waals surface area contributed by atoms with Crippen molar-refractivity contribution in [3.63, 3.8) is 0 Å². The van der Waals surface area contributed by atoms with Crippen molar-refractivity contribution in [2.24, 2.45) is 4.99 Å². The molecule has 0 bridgehead atoms. The van der Waals surface area contributed by atoms with Crippen LogP contribution in [0.3, 0.4) is 0 Å². The van der Waals surface area contributed by atoms with Gasteiger partial charge in [0.25, 0.3) is 0 Å². The van der Waals surface area contributed by atoms with Gasteiger partial charge in [-0.25, -0.2) is 4.98 Å². The third kappa shape index (κ3) is 8.24. The summed E-state index contributed by atoms with van der Waals surface area (Å²) in [4.78, 5) is 7.63. The molecule has 0 amide bonds. The largest absolute Gasteiger partial charge is 0.475 e. The van der Waals surface area contributed by atoms with Crippen LogP contribution in [0.1, 0.15) is 25.3 Å². The van der Waals surface area contributed by atoms with Gasteiger partial charge in [0.05, 0.1) is 6.54 Å². The highest BCUT2D eigenvalue weighted by Gasteiger charge is 2.34. The number of alkyl halides is 3. The number of nitrogens with zero attached hydrogens (tertiary/aromatic N) is 2. The molecule has 0 aromatic carbocycles. The molecule has 5 nitrogen and oxygen atoms in total. The first kappa shape index (κ1) is 21.7. The van der Waals surface area contributed by atoms with E-state index in [-0.39, 0.29) is 30.6 Å². The normalized spacial score (nSPS) is 11.6. The monoisotopic (exact) mass is 446 g/mol. The van der Waals surface area contributed by atoms with Gasteiger partial charge in [0.15, 0.2) is 5.96 Å². The Hall–Kier alpha value is -1.26. The summed E-state index contributed by atoms with van der Waals surface area (Å²) < 4.78 is 43.4. The van der Waals surface area contributed by atoms with Gasteiger partial charge in [-0.1, -0.05) is 13.3 Å². The lowest BCUT2D eigenvalue weighted by molar-refractivity contribution is -0.139. The number of rotatable bonds is 7. The van der Waals surface area contributed by atoms with Crippen LogP contribution in [0.25, 0.3) is 0 Å². The smallest absolute Gasteiger partial charge is 0.421 e. The molecule has 1 aromatic heterocycles. The van der Waals surface area contributed by atoms with E-state index in [1.807, 2.05) is 0 Å². The second kappa shape index (κ2) is 11.3. The van der Waals surface area contributed by atoms with E-state index in [1.54, 1.807) is 7.05 Å². The van der Waals surface area contributed by atoms with Gasteiger partial charge in [0, 0.05) is 19.8 Å². The maximum atomic E-state index is 12.7. The van der Waals surface area contributed by atoms with Crippen molar-refractivity contribution in [1.82, 2.24) is 15.6 Å². The van der Waals surface area contributed by atoms with Crippen LogP contribution in [-0.4, -0.2) is 37.7 Å². The molecular formula is C14H22F3IN4O. The zero-order valence-corrected chi connectivity index (χ0v) is 15.4. The lowest BCUT2D eigenvalue weighted by Gasteiger charge is -2.14. The first-order valence-corrected chi connectivity index (χ1v) is 7.08. The molecule has 1 rings (SSSR count). The molecule has 9 heteroatoms. The predicted octanol–water partition coefficient (Wildman–Crippen LogP) is 3.06. The molecule has 0 aliphatic rings. The van der Waals surface area contributed by atoms with Crippen molar-refractivity contribution >= 4 is 29.9 Å². The van der Waals surface area contributed by atoms with E-state index in [9.17, 15) is 13.2 Å². The number of hydrogen-bond donors (Lipinski definition) is 2. The Morgan fingerprint density at radius 2 is 2.00 bits per heavy atom. The zero-order chi connectivity index (χ0) is 16.4. The number of hydrogen-bond acceptors (Lipinski definition) is 3. The van der Waals surface area contributed by atoms with Crippen LogP contribution in [-0.2, 0) is 6.18 Å². The van der Waals surface area contributed by atoms with E-state index >= 15 is 0 Å². The summed E-state index contributed by atoms with van der Waals surface area (Å²) in [6, 6.07) is 2.18. The number of nitrogens with one attached hydrogen (secondary N) is 2. The lowest BCUT2D eigenvalue weighted by Crippen LogP contribution is -2.39. The Morgan fingerprint density at radius 3 is 2.61 bits per heavy atom. The van der Waals surface area contributed by atoms with Crippen molar-refractivity contribution < 1.29 is 17.9 Å². The topological polar surface area (TPSA) is 58.5 Å². The van der Waals surface area contributed by atoms with E-state index in [1.165, 1.54) is 12.3 Å². The minimum Gasteiger partial charge on any atom is -0.475 e. The molecule has 132 valence electrons. The van der Waals surface area contributed by atoms with Crippen LogP contribution in [0, 0.1) is 0 Å². The van der Waals surface area contributed by atoms with E-state index in [0.717, 1.165) is 25.5 Å². The van der Waals surface area contributed by atoms with Gasteiger partial charge in [-0.3, -0.25) is 4.99 Å². The Kier molecular flexibility index (Phi) is 10.7. The quantitative estimate of drug-likeness (QED) is 0.293. The minimum atomic E-state index is -4.48. The number of aliphatic imine (C=N–C) groups is 1. The molecule has 0 saturated heterocycles. The summed E-state index contributed by atoms with van der Waals surface area (Å²) in [6.07, 6.45) is -1.13. The molecule has 23 heavy (non-hydrogen) atoms. The zero-order valence-electron chi connectivity index (χ0n) is 13.1. The van der Waals surface area contributed by atoms with Gasteiger partial charge in [-0.2, -0.15) is 13.2 Å². The minimum absolute atomic E-state index is 0. The average Bonchev–Trinajstić information content (AvgIpc) is 2.49. The van der Waals surface area contributed by atoms with Gasteiger partial charge >= 0.3 is 6.18 Å². The van der Waals surface area contributed by atoms with E-state index in [2.05, 4.69) is 27.5 Å². The van der Waals surface area contributed by atoms with Crippen molar-refractivity contribution in [3.8, 4) is 5.88 Å². The summed E-state index contributed by atoms with van der Waals surface area (Å²) >= 11 is 0. The Balaban J connectivity index is 0.00000484. The van der Waals surface area contributed by atoms with Crippen LogP contribution in [0.2, 0.25) is 0 Å². The molecular weight excluding hydrogens is 424 g/mol. The third-order valence-corrected chi connectivity index (χ3v) is 2.76. The fourth-order valence-corrected chi connectivity index (χ4v) is 1.64. The summed E-state index contributed by atoms with van der Waals surface area (Å²) in [6.45, 7) is 3.24. The molecule has 1 aromatic rings. The molecule has 1 heterocycles. The van der Waals surface area contributed by atoms with E-state index in [0.29, 0.717) is 12.5 Å². The maximum absolute atomic E-state index is 12.7. The Labute approximate surface area is 151 Å². The highest BCUT2D eigenvalue weighted by molar-refractivity contribution is 14.0. The van der Waals surface area contributed by atoms with Gasteiger partial charge in [-0.05, 0) is 18.6 Å². The number of guanidine groups is 1. The summed E-state index contributed by atoms with van der Waals surface area (Å²) in [5.74, 6) is 0.180. The van der Waals surface area contributed by atoms with Gasteiger partial charge < -0.3 is 15.4 Å². The second-order valence-electron chi connectivity index (χ2n) is 4.48. The average molecular weight is 446 g/mol. The van der Waals surface area contributed by atoms with Crippen molar-refractivity contribution in [2.45, 2.75) is 25.9 Å². The molecule has 0 aliphatic heterocycles. The molecule has 0 fully saturated rings. The van der Waals surface area contributed by atoms with Gasteiger partial charge in [0.2, 0.25) is 5.88 Å². The summed E-state index contributed by atoms with van der Waals surface area (Å²) in [5.41, 5.74) is -0.875. The predicted molar refractivity (Wildman–Crippen MR) is 94.4 cm³/mol. The van der Waals surface area contributed by atoms with E-state index < -0.39 is 17.6 Å². The van der Waals surface area contributed by atoms with Crippen LogP contribution in [0.4, 0.5) is 13.2 Å². The van der Waals surface area contributed by atoms with Crippen LogP contribution in [0.15, 0.2) is 23.3 Å². The Morgan fingerprint density at radius 1 is 1.30 bits per heavy atom. The fraction of sp³-hybridized carbons (Fsp3) is 0.571. The van der Waals surface area contributed by atoms with Crippen molar-refractivity contribution in [3.05, 3.63) is 23.9 Å². The number of ether oxygens (including phenoxy) is 1. The summed E-state index contributed by atoms with van der Waals surface area (Å²) in [7, 11) is 1.63. The van der Waals surface area contributed by atoms with Gasteiger partial charge in [0.1, 0.15) is 12.2 Å². The fourth-order valence-electron chi connectivity index (χ4n) is 1.64. The molecule has 0 unspecified atom stereocenters. The van der Waals surface area contributed by atoms with Crippen LogP contribution >= 0.6 is 24.0 Å². The number of aromatic nitrogens is 1. The molecule has 0 aliphatic carbocycles. The number of pyridine rings is 1. The highest BCUT2D eigenvalue weighted by atomic mass is 127. The van der Waals surface area contributed by atoms with Crippen molar-refractivity contribution in [1.29, 1.82) is 0 Å². The summed E-state index contributed by atoms with van der Waals surface area (Å²) in [5, 5.41) is 6.05. The van der Waals surface area contributed by atoms with Crippen LogP contribution < -0.4 is 15.4 Å². The van der Waals surface area contributed by atoms with Gasteiger partial charge in [-0.15, -0.1) is 24.0 Å². The molecule has 0 saturated carbocycles. The van der Waals surface area contributed by atoms with Crippen molar-refractivity contribution in [2.75, 3.05) is 26.7 Å². The molecule has 0 radical (unpaired) electrons. The molecule has 2 N–H and O–H groups in total.